The second-order valence-corrected chi connectivity index (χ2v) is 6.01. The van der Waals surface area contributed by atoms with Crippen molar-refractivity contribution in [2.75, 3.05) is 18.5 Å². The third-order valence-electron chi connectivity index (χ3n) is 3.17. The molecular formula is C18H15BrN2O4. The molecule has 2 aromatic carbocycles. The number of amides is 1. The lowest BCUT2D eigenvalue weighted by atomic mass is 10.2. The van der Waals surface area contributed by atoms with Crippen molar-refractivity contribution in [1.29, 1.82) is 5.26 Å². The average Bonchev–Trinajstić information content (AvgIpc) is 2.61. The van der Waals surface area contributed by atoms with Crippen LogP contribution < -0.4 is 10.1 Å². The number of anilines is 1. The van der Waals surface area contributed by atoms with Crippen LogP contribution in [0.1, 0.15) is 11.1 Å². The molecule has 128 valence electrons. The van der Waals surface area contributed by atoms with E-state index in [0.717, 1.165) is 10.0 Å². The third kappa shape index (κ3) is 5.94. The largest absolute Gasteiger partial charge is 0.482 e. The van der Waals surface area contributed by atoms with Gasteiger partial charge in [-0.3, -0.25) is 4.79 Å². The lowest BCUT2D eigenvalue weighted by molar-refractivity contribution is -0.149. The van der Waals surface area contributed by atoms with Crippen molar-refractivity contribution in [3.05, 3.63) is 58.1 Å². The molecule has 2 rings (SSSR count). The SMILES string of the molecule is Cc1cc(Br)ccc1NC(=O)COC(=O)COc1ccc(C#N)cc1. The van der Waals surface area contributed by atoms with Gasteiger partial charge in [-0.05, 0) is 55.0 Å². The summed E-state index contributed by atoms with van der Waals surface area (Å²) in [5.74, 6) is -0.657. The zero-order chi connectivity index (χ0) is 18.2. The number of rotatable bonds is 6. The van der Waals surface area contributed by atoms with Crippen LogP contribution in [0, 0.1) is 18.3 Å². The van der Waals surface area contributed by atoms with E-state index in [1.807, 2.05) is 19.1 Å². The van der Waals surface area contributed by atoms with Crippen LogP contribution in [0.15, 0.2) is 46.9 Å². The van der Waals surface area contributed by atoms with E-state index in [4.69, 9.17) is 14.7 Å². The van der Waals surface area contributed by atoms with E-state index in [2.05, 4.69) is 21.2 Å². The van der Waals surface area contributed by atoms with Crippen molar-refractivity contribution in [2.45, 2.75) is 6.92 Å². The Balaban J connectivity index is 1.75. The number of esters is 1. The highest BCUT2D eigenvalue weighted by molar-refractivity contribution is 9.10. The molecule has 0 aliphatic carbocycles. The molecule has 25 heavy (non-hydrogen) atoms. The van der Waals surface area contributed by atoms with Crippen LogP contribution in [0.2, 0.25) is 0 Å². The van der Waals surface area contributed by atoms with Gasteiger partial charge in [-0.15, -0.1) is 0 Å². The Kier molecular flexibility index (Phi) is 6.54. The van der Waals surface area contributed by atoms with E-state index >= 15 is 0 Å². The minimum absolute atomic E-state index is 0.323. The predicted octanol–water partition coefficient (Wildman–Crippen LogP) is 3.19. The number of benzene rings is 2. The number of hydrogen-bond acceptors (Lipinski definition) is 5. The highest BCUT2D eigenvalue weighted by Crippen LogP contribution is 2.19. The van der Waals surface area contributed by atoms with Crippen LogP contribution in [-0.2, 0) is 14.3 Å². The monoisotopic (exact) mass is 402 g/mol. The van der Waals surface area contributed by atoms with Crippen molar-refractivity contribution >= 4 is 33.5 Å². The summed E-state index contributed by atoms with van der Waals surface area (Å²) in [5.41, 5.74) is 2.03. The molecule has 1 N–H and O–H groups in total. The highest BCUT2D eigenvalue weighted by atomic mass is 79.9. The predicted molar refractivity (Wildman–Crippen MR) is 95.1 cm³/mol. The molecule has 7 heteroatoms. The summed E-state index contributed by atoms with van der Waals surface area (Å²) in [6.07, 6.45) is 0. The Morgan fingerprint density at radius 3 is 2.52 bits per heavy atom. The van der Waals surface area contributed by atoms with Crippen molar-refractivity contribution in [2.24, 2.45) is 0 Å². The number of ether oxygens (including phenoxy) is 2. The third-order valence-corrected chi connectivity index (χ3v) is 3.66. The highest BCUT2D eigenvalue weighted by Gasteiger charge is 2.10. The maximum atomic E-state index is 11.8. The van der Waals surface area contributed by atoms with E-state index in [-0.39, 0.29) is 6.61 Å². The molecule has 0 aliphatic rings. The number of carbonyl (C=O) groups excluding carboxylic acids is 2. The fourth-order valence-corrected chi connectivity index (χ4v) is 2.38. The van der Waals surface area contributed by atoms with Gasteiger partial charge in [0.2, 0.25) is 0 Å². The summed E-state index contributed by atoms with van der Waals surface area (Å²) in [6, 6.07) is 13.7. The zero-order valence-corrected chi connectivity index (χ0v) is 15.0. The van der Waals surface area contributed by atoms with E-state index in [1.165, 1.54) is 0 Å². The minimum Gasteiger partial charge on any atom is -0.482 e. The first-order valence-corrected chi connectivity index (χ1v) is 8.12. The van der Waals surface area contributed by atoms with Gasteiger partial charge >= 0.3 is 5.97 Å². The number of aryl methyl sites for hydroxylation is 1. The Morgan fingerprint density at radius 1 is 1.16 bits per heavy atom. The first-order chi connectivity index (χ1) is 12.0. The Hall–Kier alpha value is -2.85. The molecule has 0 heterocycles. The molecule has 0 unspecified atom stereocenters. The normalized spacial score (nSPS) is 9.80. The van der Waals surface area contributed by atoms with E-state index in [0.29, 0.717) is 17.0 Å². The number of carbonyl (C=O) groups is 2. The zero-order valence-electron chi connectivity index (χ0n) is 13.4. The summed E-state index contributed by atoms with van der Waals surface area (Å²) >= 11 is 3.34. The molecule has 0 saturated carbocycles. The molecule has 0 fully saturated rings. The Morgan fingerprint density at radius 2 is 1.88 bits per heavy atom. The van der Waals surface area contributed by atoms with Crippen LogP contribution in [0.5, 0.6) is 5.75 Å². The summed E-state index contributed by atoms with van der Waals surface area (Å²) in [6.45, 7) is 1.14. The van der Waals surface area contributed by atoms with Gasteiger partial charge in [0.25, 0.3) is 5.91 Å². The van der Waals surface area contributed by atoms with Crippen LogP contribution >= 0.6 is 15.9 Å². The minimum atomic E-state index is -0.660. The lowest BCUT2D eigenvalue weighted by Crippen LogP contribution is -2.24. The molecule has 1 amide bonds. The van der Waals surface area contributed by atoms with E-state index in [1.54, 1.807) is 36.4 Å². The van der Waals surface area contributed by atoms with Gasteiger partial charge < -0.3 is 14.8 Å². The van der Waals surface area contributed by atoms with Gasteiger partial charge in [0.15, 0.2) is 13.2 Å². The molecule has 6 nitrogen and oxygen atoms in total. The standard InChI is InChI=1S/C18H15BrN2O4/c1-12-8-14(19)4-7-16(12)21-17(22)10-25-18(23)11-24-15-5-2-13(9-20)3-6-15/h2-8H,10-11H2,1H3,(H,21,22). The Bertz CT molecular complexity index is 813. The van der Waals surface area contributed by atoms with E-state index < -0.39 is 18.5 Å². The smallest absolute Gasteiger partial charge is 0.344 e. The molecule has 0 atom stereocenters. The fraction of sp³-hybridized carbons (Fsp3) is 0.167. The quantitative estimate of drug-likeness (QED) is 0.749. The van der Waals surface area contributed by atoms with Crippen LogP contribution in [0.4, 0.5) is 5.69 Å². The maximum absolute atomic E-state index is 11.8. The number of hydrogen-bond donors (Lipinski definition) is 1. The van der Waals surface area contributed by atoms with Crippen molar-refractivity contribution in [3.8, 4) is 11.8 Å². The summed E-state index contributed by atoms with van der Waals surface area (Å²) < 4.78 is 11.0. The van der Waals surface area contributed by atoms with Crippen LogP contribution in [0.25, 0.3) is 0 Å². The number of halogens is 1. The Labute approximate surface area is 153 Å². The summed E-state index contributed by atoms with van der Waals surface area (Å²) in [7, 11) is 0. The van der Waals surface area contributed by atoms with Gasteiger partial charge in [-0.25, -0.2) is 4.79 Å². The van der Waals surface area contributed by atoms with Gasteiger partial charge in [0.1, 0.15) is 5.75 Å². The average molecular weight is 403 g/mol. The first-order valence-electron chi connectivity index (χ1n) is 7.32. The molecule has 0 aromatic heterocycles. The van der Waals surface area contributed by atoms with Crippen molar-refractivity contribution in [3.63, 3.8) is 0 Å². The van der Waals surface area contributed by atoms with Crippen molar-refractivity contribution in [1.82, 2.24) is 0 Å². The molecule has 0 spiro atoms. The van der Waals surface area contributed by atoms with Gasteiger partial charge in [0.05, 0.1) is 11.6 Å². The molecular weight excluding hydrogens is 388 g/mol. The first kappa shape index (κ1) is 18.5. The number of nitriles is 1. The second kappa shape index (κ2) is 8.85. The molecule has 2 aromatic rings. The maximum Gasteiger partial charge on any atom is 0.344 e. The fourth-order valence-electron chi connectivity index (χ4n) is 1.91. The summed E-state index contributed by atoms with van der Waals surface area (Å²) in [5, 5.41) is 11.4. The second-order valence-electron chi connectivity index (χ2n) is 5.09. The molecule has 0 radical (unpaired) electrons. The molecule has 0 bridgehead atoms. The van der Waals surface area contributed by atoms with Gasteiger partial charge in [0, 0.05) is 10.2 Å². The summed E-state index contributed by atoms with van der Waals surface area (Å²) in [4.78, 5) is 23.4. The molecule has 0 aliphatic heterocycles. The topological polar surface area (TPSA) is 88.4 Å². The molecule has 0 saturated heterocycles. The van der Waals surface area contributed by atoms with Gasteiger partial charge in [-0.2, -0.15) is 5.26 Å². The number of nitrogens with zero attached hydrogens (tertiary/aromatic N) is 1. The van der Waals surface area contributed by atoms with Crippen molar-refractivity contribution < 1.29 is 19.1 Å². The van der Waals surface area contributed by atoms with Crippen LogP contribution in [-0.4, -0.2) is 25.1 Å². The van der Waals surface area contributed by atoms with Gasteiger partial charge in [-0.1, -0.05) is 15.9 Å². The van der Waals surface area contributed by atoms with Crippen LogP contribution in [0.3, 0.4) is 0 Å². The number of nitrogens with one attached hydrogen (secondary N) is 1. The lowest BCUT2D eigenvalue weighted by Gasteiger charge is -2.10. The van der Waals surface area contributed by atoms with E-state index in [9.17, 15) is 9.59 Å².